The zero-order valence-electron chi connectivity index (χ0n) is 33.1. The van der Waals surface area contributed by atoms with Gasteiger partial charge in [-0.1, -0.05) is 61.5 Å². The van der Waals surface area contributed by atoms with Crippen LogP contribution in [0.2, 0.25) is 0 Å². The van der Waals surface area contributed by atoms with Gasteiger partial charge in [-0.15, -0.1) is 0 Å². The van der Waals surface area contributed by atoms with E-state index in [1.165, 1.54) is 18.2 Å². The number of anilines is 1. The van der Waals surface area contributed by atoms with Crippen LogP contribution in [0.15, 0.2) is 83.9 Å². The Kier molecular flexibility index (Phi) is 17.7. The molecule has 7 N–H and O–H groups in total. The van der Waals surface area contributed by atoms with Crippen molar-refractivity contribution in [1.29, 1.82) is 0 Å². The number of carboxylic acid groups (broad SMARTS) is 1. The van der Waals surface area contributed by atoms with Crippen molar-refractivity contribution in [2.45, 2.75) is 31.9 Å². The number of rotatable bonds is 24. The molecule has 0 radical (unpaired) electrons. The Labute approximate surface area is 342 Å². The summed E-state index contributed by atoms with van der Waals surface area (Å²) >= 11 is 0. The number of aliphatic imine (C=N–C) groups is 1. The van der Waals surface area contributed by atoms with Crippen molar-refractivity contribution >= 4 is 40.2 Å². The quantitative estimate of drug-likeness (QED) is 0.0501. The second kappa shape index (κ2) is 23.6. The number of carbonyl (C=O) groups excluding carboxylic acids is 2. The molecule has 0 aliphatic carbocycles. The van der Waals surface area contributed by atoms with E-state index in [2.05, 4.69) is 33.2 Å². The number of aliphatic hydroxyl groups excluding tert-OH is 1. The standard InChI is InChI=1S/C43H53N5O11/c1-2-13-55-14-15-56-16-17-57-18-19-58-20-21-59-39-12-11-35(36-5-3-4-6-37(36)39)29-7-9-30(10-8-29)38(25-41(52)53)48-40(51)28-44-42(54)31-22-32(24-33(49)23-31)47-43-45-26-34(50)27-46-43/h3-12,22-24,34,38,49-50H,2,13-21,25-28H2,1H3,(H,44,54)(H,48,51)(H,52,53)(H2,45,46,47)/t38-/m0/s1. The van der Waals surface area contributed by atoms with E-state index in [1.54, 1.807) is 12.1 Å². The third kappa shape index (κ3) is 14.5. The summed E-state index contributed by atoms with van der Waals surface area (Å²) in [4.78, 5) is 41.9. The molecule has 2 amide bonds. The van der Waals surface area contributed by atoms with E-state index in [0.29, 0.717) is 82.4 Å². The zero-order chi connectivity index (χ0) is 41.8. The highest BCUT2D eigenvalue weighted by Gasteiger charge is 2.20. The molecule has 5 rings (SSSR count). The molecule has 0 aromatic heterocycles. The van der Waals surface area contributed by atoms with Crippen LogP contribution in [0.5, 0.6) is 11.5 Å². The van der Waals surface area contributed by atoms with Crippen molar-refractivity contribution in [2.24, 2.45) is 4.99 Å². The number of phenols is 1. The number of nitrogens with zero attached hydrogens (tertiary/aromatic N) is 1. The number of amides is 2. The lowest BCUT2D eigenvalue weighted by Gasteiger charge is -2.20. The first-order chi connectivity index (χ1) is 28.7. The molecule has 2 atom stereocenters. The van der Waals surface area contributed by atoms with E-state index in [0.717, 1.165) is 34.9 Å². The summed E-state index contributed by atoms with van der Waals surface area (Å²) in [6.07, 6.45) is 0.00105. The second-order valence-corrected chi connectivity index (χ2v) is 13.6. The predicted molar refractivity (Wildman–Crippen MR) is 222 cm³/mol. The lowest BCUT2D eigenvalue weighted by atomic mass is 9.95. The van der Waals surface area contributed by atoms with Crippen LogP contribution in [-0.2, 0) is 28.5 Å². The Bertz CT molecular complexity index is 2010. The molecule has 16 heteroatoms. The SMILES string of the molecule is CCCOCCOCCOCCOCCOc1ccc(-c2ccc([C@H](CC(=O)O)NC(=O)CNC(=O)c3cc(O)cc(NC4=NCC(O)CN4)c3)cc2)c2ccccc12. The molecule has 0 saturated heterocycles. The average Bonchev–Trinajstić information content (AvgIpc) is 3.23. The Morgan fingerprint density at radius 2 is 1.49 bits per heavy atom. The third-order valence-electron chi connectivity index (χ3n) is 8.99. The van der Waals surface area contributed by atoms with Gasteiger partial charge in [0.1, 0.15) is 18.1 Å². The highest BCUT2D eigenvalue weighted by molar-refractivity contribution is 6.01. The Morgan fingerprint density at radius 3 is 2.14 bits per heavy atom. The number of hydrogen-bond donors (Lipinski definition) is 7. The minimum absolute atomic E-state index is 0.0784. The van der Waals surface area contributed by atoms with Crippen LogP contribution in [0.4, 0.5) is 5.69 Å². The first-order valence-corrected chi connectivity index (χ1v) is 19.6. The van der Waals surface area contributed by atoms with Crippen molar-refractivity contribution in [3.8, 4) is 22.6 Å². The minimum atomic E-state index is -1.11. The number of carboxylic acids is 1. The van der Waals surface area contributed by atoms with Gasteiger partial charge in [-0.05, 0) is 46.7 Å². The molecule has 1 aliphatic heterocycles. The first-order valence-electron chi connectivity index (χ1n) is 19.6. The van der Waals surface area contributed by atoms with Crippen LogP contribution >= 0.6 is 0 Å². The molecule has 316 valence electrons. The van der Waals surface area contributed by atoms with E-state index in [-0.39, 0.29) is 24.3 Å². The number of aliphatic hydroxyl groups is 1. The highest BCUT2D eigenvalue weighted by atomic mass is 16.6. The molecule has 0 fully saturated rings. The van der Waals surface area contributed by atoms with Crippen molar-refractivity contribution in [1.82, 2.24) is 16.0 Å². The van der Waals surface area contributed by atoms with Crippen LogP contribution in [0.1, 0.15) is 41.7 Å². The largest absolute Gasteiger partial charge is 0.508 e. The van der Waals surface area contributed by atoms with Crippen LogP contribution in [0.3, 0.4) is 0 Å². The summed E-state index contributed by atoms with van der Waals surface area (Å²) in [5.74, 6) is -1.45. The van der Waals surface area contributed by atoms with E-state index in [4.69, 9.17) is 23.7 Å². The average molecular weight is 816 g/mol. The summed E-state index contributed by atoms with van der Waals surface area (Å²) in [7, 11) is 0. The predicted octanol–water partition coefficient (Wildman–Crippen LogP) is 3.86. The van der Waals surface area contributed by atoms with Gasteiger partial charge in [0.05, 0.1) is 77.9 Å². The summed E-state index contributed by atoms with van der Waals surface area (Å²) in [5.41, 5.74) is 2.84. The molecule has 0 bridgehead atoms. The van der Waals surface area contributed by atoms with Crippen LogP contribution < -0.4 is 26.0 Å². The number of hydrogen-bond acceptors (Lipinski definition) is 13. The lowest BCUT2D eigenvalue weighted by molar-refractivity contribution is -0.137. The fourth-order valence-electron chi connectivity index (χ4n) is 6.16. The number of ether oxygens (including phenoxy) is 5. The lowest BCUT2D eigenvalue weighted by Crippen LogP contribution is -2.42. The van der Waals surface area contributed by atoms with Crippen molar-refractivity contribution < 1.29 is 53.4 Å². The molecule has 59 heavy (non-hydrogen) atoms. The highest BCUT2D eigenvalue weighted by Crippen LogP contribution is 2.35. The van der Waals surface area contributed by atoms with Gasteiger partial charge in [0.2, 0.25) is 5.91 Å². The Balaban J connectivity index is 1.11. The molecule has 4 aromatic carbocycles. The molecule has 0 saturated carbocycles. The number of carbonyl (C=O) groups is 3. The molecule has 16 nitrogen and oxygen atoms in total. The summed E-state index contributed by atoms with van der Waals surface area (Å²) in [5, 5.41) is 42.5. The van der Waals surface area contributed by atoms with Gasteiger partial charge in [0.25, 0.3) is 5.91 Å². The third-order valence-corrected chi connectivity index (χ3v) is 8.99. The molecular weight excluding hydrogens is 762 g/mol. The molecule has 1 heterocycles. The number of fused-ring (bicyclic) bond motifs is 1. The van der Waals surface area contributed by atoms with Crippen molar-refractivity contribution in [2.75, 3.05) is 84.4 Å². The second-order valence-electron chi connectivity index (χ2n) is 13.6. The molecule has 0 spiro atoms. The Hall–Kier alpha value is -5.78. The van der Waals surface area contributed by atoms with E-state index in [1.807, 2.05) is 48.5 Å². The van der Waals surface area contributed by atoms with Gasteiger partial charge in [0.15, 0.2) is 5.96 Å². The number of benzene rings is 4. The van der Waals surface area contributed by atoms with Gasteiger partial charge < -0.3 is 60.3 Å². The fraction of sp³-hybridized carbons (Fsp3) is 0.395. The smallest absolute Gasteiger partial charge is 0.305 e. The minimum Gasteiger partial charge on any atom is -0.508 e. The van der Waals surface area contributed by atoms with Crippen molar-refractivity contribution in [3.05, 3.63) is 90.0 Å². The summed E-state index contributed by atoms with van der Waals surface area (Å²) < 4.78 is 28.1. The van der Waals surface area contributed by atoms with Gasteiger partial charge in [-0.25, -0.2) is 0 Å². The number of nitrogens with one attached hydrogen (secondary N) is 4. The Morgan fingerprint density at radius 1 is 0.831 bits per heavy atom. The number of phenolic OH excluding ortho intramolecular Hbond substituents is 1. The molecular formula is C43H53N5O11. The van der Waals surface area contributed by atoms with Gasteiger partial charge in [-0.2, -0.15) is 0 Å². The van der Waals surface area contributed by atoms with Crippen LogP contribution in [-0.4, -0.2) is 124 Å². The molecule has 4 aromatic rings. The number of guanidine groups is 1. The normalized spacial score (nSPS) is 14.2. The van der Waals surface area contributed by atoms with E-state index >= 15 is 0 Å². The van der Waals surface area contributed by atoms with Gasteiger partial charge >= 0.3 is 5.97 Å². The van der Waals surface area contributed by atoms with E-state index < -0.39 is 36.5 Å². The zero-order valence-corrected chi connectivity index (χ0v) is 33.1. The number of aromatic hydroxyl groups is 1. The van der Waals surface area contributed by atoms with Gasteiger partial charge in [0, 0.05) is 35.9 Å². The summed E-state index contributed by atoms with van der Waals surface area (Å²) in [6.45, 7) is 6.65. The van der Waals surface area contributed by atoms with Crippen molar-refractivity contribution in [3.63, 3.8) is 0 Å². The summed E-state index contributed by atoms with van der Waals surface area (Å²) in [6, 6.07) is 22.3. The molecule has 1 unspecified atom stereocenters. The van der Waals surface area contributed by atoms with Crippen LogP contribution in [0.25, 0.3) is 21.9 Å². The van der Waals surface area contributed by atoms with Gasteiger partial charge in [-0.3, -0.25) is 19.4 Å². The van der Waals surface area contributed by atoms with Crippen LogP contribution in [0, 0.1) is 0 Å². The number of aliphatic carboxylic acids is 1. The maximum Gasteiger partial charge on any atom is 0.305 e. The maximum atomic E-state index is 13.0. The number of β-amino-alcohol motifs (C(OH)–C–C–N with tert-alkyl or cyclic N) is 1. The van der Waals surface area contributed by atoms with E-state index in [9.17, 15) is 29.7 Å². The monoisotopic (exact) mass is 815 g/mol. The maximum absolute atomic E-state index is 13.0. The fourth-order valence-corrected chi connectivity index (χ4v) is 6.16. The topological polar surface area (TPSA) is 219 Å². The molecule has 1 aliphatic rings. The first kappa shape index (κ1) is 44.3.